The second-order valence-corrected chi connectivity index (χ2v) is 5.20. The molecular formula is C9H12P2. The lowest BCUT2D eigenvalue weighted by Gasteiger charge is -1.96. The van der Waals surface area contributed by atoms with E-state index >= 15 is 0 Å². The van der Waals surface area contributed by atoms with E-state index in [1.165, 1.54) is 34.4 Å². The molecule has 0 N–H and O–H groups in total. The van der Waals surface area contributed by atoms with Gasteiger partial charge in [-0.15, -0.1) is 0 Å². The fourth-order valence-electron chi connectivity index (χ4n) is 0.726. The number of hydrogen-bond donors (Lipinski definition) is 0. The lowest BCUT2D eigenvalue weighted by Crippen LogP contribution is -1.87. The first kappa shape index (κ1) is 9.17. The monoisotopic (exact) mass is 182 g/mol. The Balaban J connectivity index is 2.28. The quantitative estimate of drug-likeness (QED) is 0.493. The molecule has 0 bridgehead atoms. The van der Waals surface area contributed by atoms with Crippen molar-refractivity contribution >= 4 is 21.8 Å². The van der Waals surface area contributed by atoms with Crippen molar-refractivity contribution in [3.05, 3.63) is 30.3 Å². The van der Waals surface area contributed by atoms with Crippen LogP contribution in [-0.2, 0) is 0 Å². The van der Waals surface area contributed by atoms with E-state index in [-0.39, 0.29) is 0 Å². The summed E-state index contributed by atoms with van der Waals surface area (Å²) in [4.78, 5) is 0. The summed E-state index contributed by atoms with van der Waals surface area (Å²) in [6.07, 6.45) is 2.61. The summed E-state index contributed by atoms with van der Waals surface area (Å²) < 4.78 is 0. The van der Waals surface area contributed by atoms with Gasteiger partial charge in [-0.05, 0) is 28.0 Å². The predicted molar refractivity (Wildman–Crippen MR) is 55.1 cm³/mol. The van der Waals surface area contributed by atoms with Crippen LogP contribution >= 0.6 is 16.5 Å². The lowest BCUT2D eigenvalue weighted by atomic mass is 10.4. The van der Waals surface area contributed by atoms with Crippen LogP contribution in [0.2, 0.25) is 0 Å². The van der Waals surface area contributed by atoms with Crippen LogP contribution in [-0.4, -0.2) is 6.16 Å². The fourth-order valence-corrected chi connectivity index (χ4v) is 3.28. The molecule has 0 nitrogen and oxygen atoms in total. The summed E-state index contributed by atoms with van der Waals surface area (Å²) in [7, 11) is 2.98. The van der Waals surface area contributed by atoms with Crippen molar-refractivity contribution in [1.82, 2.24) is 0 Å². The molecule has 0 unspecified atom stereocenters. The van der Waals surface area contributed by atoms with Crippen LogP contribution in [0.25, 0.3) is 0 Å². The number of hydrogen-bond acceptors (Lipinski definition) is 0. The fraction of sp³-hybridized carbons (Fsp3) is 0.333. The van der Waals surface area contributed by atoms with Crippen molar-refractivity contribution < 1.29 is 0 Å². The molecule has 2 heteroatoms. The van der Waals surface area contributed by atoms with Crippen LogP contribution in [0.4, 0.5) is 0 Å². The zero-order valence-electron chi connectivity index (χ0n) is 6.70. The third kappa shape index (κ3) is 3.85. The molecule has 1 aromatic carbocycles. The zero-order chi connectivity index (χ0) is 7.94. The van der Waals surface area contributed by atoms with Gasteiger partial charge >= 0.3 is 0 Å². The highest BCUT2D eigenvalue weighted by Crippen LogP contribution is 2.35. The molecule has 0 aliphatic carbocycles. The van der Waals surface area contributed by atoms with E-state index in [1.54, 1.807) is 0 Å². The highest BCUT2D eigenvalue weighted by atomic mass is 32.0. The normalized spacial score (nSPS) is 12.1. The van der Waals surface area contributed by atoms with E-state index in [0.717, 1.165) is 0 Å². The molecule has 1 aromatic rings. The molecule has 0 heterocycles. The van der Waals surface area contributed by atoms with Crippen molar-refractivity contribution in [3.63, 3.8) is 0 Å². The first-order valence-corrected chi connectivity index (χ1v) is 6.54. The molecule has 0 aliphatic rings. The Labute approximate surface area is 72.3 Å². The van der Waals surface area contributed by atoms with Crippen LogP contribution in [0.15, 0.2) is 30.3 Å². The van der Waals surface area contributed by atoms with Crippen LogP contribution in [0, 0.1) is 0 Å². The molecule has 0 fully saturated rings. The van der Waals surface area contributed by atoms with Crippen molar-refractivity contribution in [2.45, 2.75) is 13.3 Å². The van der Waals surface area contributed by atoms with Crippen LogP contribution in [0.3, 0.4) is 0 Å². The van der Waals surface area contributed by atoms with Crippen molar-refractivity contribution in [2.24, 2.45) is 0 Å². The van der Waals surface area contributed by atoms with E-state index in [1.807, 2.05) is 0 Å². The molecule has 2 radical (unpaired) electrons. The summed E-state index contributed by atoms with van der Waals surface area (Å²) in [6.45, 7) is 2.23. The Morgan fingerprint density at radius 3 is 2.55 bits per heavy atom. The van der Waals surface area contributed by atoms with Crippen molar-refractivity contribution in [2.75, 3.05) is 6.16 Å². The van der Waals surface area contributed by atoms with Crippen molar-refractivity contribution in [3.8, 4) is 0 Å². The number of benzene rings is 1. The first-order valence-electron chi connectivity index (χ1n) is 3.86. The Morgan fingerprint density at radius 2 is 1.91 bits per heavy atom. The van der Waals surface area contributed by atoms with Crippen LogP contribution < -0.4 is 5.30 Å². The van der Waals surface area contributed by atoms with Gasteiger partial charge in [0, 0.05) is 0 Å². The molecule has 0 atom stereocenters. The van der Waals surface area contributed by atoms with Crippen molar-refractivity contribution in [1.29, 1.82) is 0 Å². The Bertz CT molecular complexity index is 184. The average Bonchev–Trinajstić information content (AvgIpc) is 2.07. The average molecular weight is 182 g/mol. The van der Waals surface area contributed by atoms with E-state index < -0.39 is 0 Å². The van der Waals surface area contributed by atoms with E-state index in [9.17, 15) is 0 Å². The summed E-state index contributed by atoms with van der Waals surface area (Å²) in [5.74, 6) is 0. The molecule has 0 saturated heterocycles. The van der Waals surface area contributed by atoms with Gasteiger partial charge in [0.05, 0.1) is 0 Å². The predicted octanol–water partition coefficient (Wildman–Crippen LogP) is 3.53. The minimum atomic E-state index is 1.29. The minimum absolute atomic E-state index is 1.29. The third-order valence-corrected chi connectivity index (χ3v) is 4.30. The van der Waals surface area contributed by atoms with Gasteiger partial charge in [-0.25, -0.2) is 0 Å². The second-order valence-electron chi connectivity index (χ2n) is 2.30. The van der Waals surface area contributed by atoms with Gasteiger partial charge in [0.25, 0.3) is 0 Å². The van der Waals surface area contributed by atoms with Gasteiger partial charge in [-0.1, -0.05) is 43.7 Å². The molecule has 0 amide bonds. The van der Waals surface area contributed by atoms with E-state index in [4.69, 9.17) is 0 Å². The maximum absolute atomic E-state index is 2.23. The Kier molecular flexibility index (Phi) is 4.75. The van der Waals surface area contributed by atoms with Gasteiger partial charge in [0.1, 0.15) is 0 Å². The molecule has 0 aliphatic heterocycles. The second kappa shape index (κ2) is 5.70. The smallest absolute Gasteiger partial charge is 0.0109 e. The van der Waals surface area contributed by atoms with E-state index in [2.05, 4.69) is 37.3 Å². The summed E-state index contributed by atoms with van der Waals surface area (Å²) in [6, 6.07) is 10.6. The third-order valence-electron chi connectivity index (χ3n) is 1.27. The Hall–Kier alpha value is 0.0800. The topological polar surface area (TPSA) is 0 Å². The Morgan fingerprint density at radius 1 is 1.18 bits per heavy atom. The van der Waals surface area contributed by atoms with Gasteiger partial charge < -0.3 is 0 Å². The number of rotatable bonds is 4. The van der Waals surface area contributed by atoms with Gasteiger partial charge in [-0.2, -0.15) is 0 Å². The van der Waals surface area contributed by atoms with Gasteiger partial charge in [0.2, 0.25) is 0 Å². The van der Waals surface area contributed by atoms with Crippen LogP contribution in [0.5, 0.6) is 0 Å². The largest absolute Gasteiger partial charge is 0.0650 e. The minimum Gasteiger partial charge on any atom is -0.0650 e. The SMILES string of the molecule is CCC[P][P]c1ccccc1. The molecule has 58 valence electrons. The van der Waals surface area contributed by atoms with Crippen LogP contribution in [0.1, 0.15) is 13.3 Å². The maximum Gasteiger partial charge on any atom is -0.0109 e. The molecular weight excluding hydrogens is 170 g/mol. The lowest BCUT2D eigenvalue weighted by molar-refractivity contribution is 1.11. The molecule has 11 heavy (non-hydrogen) atoms. The maximum atomic E-state index is 2.23. The molecule has 0 spiro atoms. The standard InChI is InChI=1S/C9H12P2/c1-2-8-10-11-9-6-4-3-5-7-9/h3-7H,2,8H2,1H3. The summed E-state index contributed by atoms with van der Waals surface area (Å²) in [5.41, 5.74) is 0. The summed E-state index contributed by atoms with van der Waals surface area (Å²) in [5, 5.41) is 1.43. The highest BCUT2D eigenvalue weighted by molar-refractivity contribution is 8.15. The molecule has 0 aromatic heterocycles. The first-order chi connectivity index (χ1) is 5.43. The summed E-state index contributed by atoms with van der Waals surface area (Å²) >= 11 is 0. The van der Waals surface area contributed by atoms with Gasteiger partial charge in [0.15, 0.2) is 0 Å². The highest BCUT2D eigenvalue weighted by Gasteiger charge is 1.90. The molecule has 1 rings (SSSR count). The molecule has 0 saturated carbocycles. The van der Waals surface area contributed by atoms with E-state index in [0.29, 0.717) is 0 Å². The van der Waals surface area contributed by atoms with Gasteiger partial charge in [-0.3, -0.25) is 0 Å². The zero-order valence-corrected chi connectivity index (χ0v) is 8.48.